The monoisotopic (exact) mass is 221 g/mol. The number of alkyl halides is 3. The van der Waals surface area contributed by atoms with Crippen molar-refractivity contribution in [1.82, 2.24) is 14.9 Å². The molecule has 1 aromatic heterocycles. The van der Waals surface area contributed by atoms with Gasteiger partial charge in [0.1, 0.15) is 0 Å². The van der Waals surface area contributed by atoms with Crippen LogP contribution in [0.15, 0.2) is 18.7 Å². The zero-order chi connectivity index (χ0) is 11.3. The fourth-order valence-corrected chi connectivity index (χ4v) is 1.24. The fourth-order valence-electron chi connectivity index (χ4n) is 1.24. The Balaban J connectivity index is 2.17. The number of aromatic nitrogens is 2. The lowest BCUT2D eigenvalue weighted by molar-refractivity contribution is -0.133. The third-order valence-corrected chi connectivity index (χ3v) is 1.95. The van der Waals surface area contributed by atoms with Gasteiger partial charge in [-0.1, -0.05) is 0 Å². The highest BCUT2D eigenvalue weighted by Crippen LogP contribution is 2.18. The highest BCUT2D eigenvalue weighted by Gasteiger charge is 2.26. The molecule has 0 aromatic carbocycles. The summed E-state index contributed by atoms with van der Waals surface area (Å²) < 4.78 is 37.3. The van der Waals surface area contributed by atoms with E-state index in [9.17, 15) is 13.2 Å². The molecule has 0 saturated heterocycles. The molecule has 0 bridgehead atoms. The smallest absolute Gasteiger partial charge is 0.336 e. The molecule has 0 fully saturated rings. The van der Waals surface area contributed by atoms with Crippen molar-refractivity contribution in [1.29, 1.82) is 0 Å². The Morgan fingerprint density at radius 2 is 2.20 bits per heavy atom. The molecule has 1 heterocycles. The van der Waals surface area contributed by atoms with Crippen molar-refractivity contribution in [3.05, 3.63) is 18.7 Å². The van der Waals surface area contributed by atoms with Gasteiger partial charge in [0.15, 0.2) is 0 Å². The van der Waals surface area contributed by atoms with Gasteiger partial charge in [0.2, 0.25) is 0 Å². The lowest BCUT2D eigenvalue weighted by atomic mass is 10.3. The first-order valence-electron chi connectivity index (χ1n) is 4.73. The predicted molar refractivity (Wildman–Crippen MR) is 50.4 cm³/mol. The molecule has 6 heteroatoms. The Hall–Kier alpha value is -1.04. The zero-order valence-corrected chi connectivity index (χ0v) is 8.46. The van der Waals surface area contributed by atoms with Gasteiger partial charge in [-0.15, -0.1) is 0 Å². The third-order valence-electron chi connectivity index (χ3n) is 1.95. The number of nitrogens with zero attached hydrogens (tertiary/aromatic N) is 2. The fraction of sp³-hybridized carbons (Fsp3) is 0.667. The average Bonchev–Trinajstić information content (AvgIpc) is 2.54. The van der Waals surface area contributed by atoms with E-state index in [1.165, 1.54) is 0 Å². The molecule has 0 radical (unpaired) electrons. The van der Waals surface area contributed by atoms with Crippen LogP contribution >= 0.6 is 0 Å². The molecule has 1 atom stereocenters. The van der Waals surface area contributed by atoms with Crippen LogP contribution in [0.3, 0.4) is 0 Å². The minimum atomic E-state index is -4.08. The summed E-state index contributed by atoms with van der Waals surface area (Å²) in [5.74, 6) is 0. The Bertz CT molecular complexity index is 269. The second-order valence-corrected chi connectivity index (χ2v) is 3.48. The van der Waals surface area contributed by atoms with Crippen LogP contribution in [-0.2, 0) is 6.54 Å². The molecule has 0 amide bonds. The SMILES string of the molecule is CC(Cn1ccnc1)NCCC(F)(F)F. The van der Waals surface area contributed by atoms with E-state index in [1.807, 2.05) is 11.5 Å². The van der Waals surface area contributed by atoms with Crippen LogP contribution in [0.1, 0.15) is 13.3 Å². The summed E-state index contributed by atoms with van der Waals surface area (Å²) in [7, 11) is 0. The molecule has 0 aliphatic heterocycles. The van der Waals surface area contributed by atoms with Gasteiger partial charge in [-0.05, 0) is 6.92 Å². The highest BCUT2D eigenvalue weighted by molar-refractivity contribution is 4.76. The van der Waals surface area contributed by atoms with Gasteiger partial charge >= 0.3 is 6.18 Å². The maximum Gasteiger partial charge on any atom is 0.390 e. The summed E-state index contributed by atoms with van der Waals surface area (Å²) in [5, 5.41) is 2.81. The van der Waals surface area contributed by atoms with Crippen molar-refractivity contribution in [2.75, 3.05) is 6.54 Å². The molecule has 3 nitrogen and oxygen atoms in total. The molecule has 1 N–H and O–H groups in total. The second kappa shape index (κ2) is 5.16. The summed E-state index contributed by atoms with van der Waals surface area (Å²) in [6.45, 7) is 2.42. The molecule has 1 aromatic rings. The molecule has 86 valence electrons. The van der Waals surface area contributed by atoms with E-state index in [2.05, 4.69) is 10.3 Å². The number of nitrogens with one attached hydrogen (secondary N) is 1. The summed E-state index contributed by atoms with van der Waals surface area (Å²) in [5.41, 5.74) is 0. The first-order chi connectivity index (χ1) is 6.97. The van der Waals surface area contributed by atoms with E-state index in [1.54, 1.807) is 18.7 Å². The normalized spacial score (nSPS) is 14.1. The van der Waals surface area contributed by atoms with Gasteiger partial charge in [-0.3, -0.25) is 0 Å². The van der Waals surface area contributed by atoms with Crippen LogP contribution in [0.4, 0.5) is 13.2 Å². The highest BCUT2D eigenvalue weighted by atomic mass is 19.4. The van der Waals surface area contributed by atoms with Crippen molar-refractivity contribution in [2.45, 2.75) is 32.1 Å². The van der Waals surface area contributed by atoms with Gasteiger partial charge in [0, 0.05) is 31.5 Å². The quantitative estimate of drug-likeness (QED) is 0.821. The maximum atomic E-state index is 11.8. The van der Waals surface area contributed by atoms with Gasteiger partial charge in [0.25, 0.3) is 0 Å². The molecule has 0 aliphatic carbocycles. The number of halogens is 3. The van der Waals surface area contributed by atoms with Crippen LogP contribution in [0.25, 0.3) is 0 Å². The van der Waals surface area contributed by atoms with Crippen LogP contribution in [0.5, 0.6) is 0 Å². The second-order valence-electron chi connectivity index (χ2n) is 3.48. The van der Waals surface area contributed by atoms with E-state index in [4.69, 9.17) is 0 Å². The molecule has 1 unspecified atom stereocenters. The molecule has 0 saturated carbocycles. The Labute approximate surface area is 86.3 Å². The largest absolute Gasteiger partial charge is 0.390 e. The number of rotatable bonds is 5. The first kappa shape index (κ1) is 12.0. The van der Waals surface area contributed by atoms with Gasteiger partial charge in [-0.25, -0.2) is 4.98 Å². The van der Waals surface area contributed by atoms with Crippen molar-refractivity contribution in [3.63, 3.8) is 0 Å². The van der Waals surface area contributed by atoms with Crippen LogP contribution < -0.4 is 5.32 Å². The van der Waals surface area contributed by atoms with Crippen LogP contribution in [-0.4, -0.2) is 28.3 Å². The molecule has 0 aliphatic rings. The summed E-state index contributed by atoms with van der Waals surface area (Å²) in [6, 6.07) is 0.00144. The van der Waals surface area contributed by atoms with Crippen LogP contribution in [0.2, 0.25) is 0 Å². The Morgan fingerprint density at radius 3 is 2.73 bits per heavy atom. The minimum absolute atomic E-state index is 0.00144. The van der Waals surface area contributed by atoms with E-state index in [0.29, 0.717) is 6.54 Å². The molecule has 0 spiro atoms. The molecular formula is C9H14F3N3. The van der Waals surface area contributed by atoms with Gasteiger partial charge in [0.05, 0.1) is 12.7 Å². The predicted octanol–water partition coefficient (Wildman–Crippen LogP) is 1.81. The van der Waals surface area contributed by atoms with Crippen molar-refractivity contribution in [3.8, 4) is 0 Å². The van der Waals surface area contributed by atoms with Gasteiger partial charge in [-0.2, -0.15) is 13.2 Å². The summed E-state index contributed by atoms with van der Waals surface area (Å²) in [4.78, 5) is 3.85. The van der Waals surface area contributed by atoms with Crippen molar-refractivity contribution < 1.29 is 13.2 Å². The minimum Gasteiger partial charge on any atom is -0.336 e. The van der Waals surface area contributed by atoms with E-state index in [-0.39, 0.29) is 12.6 Å². The Kier molecular flexibility index (Phi) is 4.14. The molecule has 1 rings (SSSR count). The molecule has 15 heavy (non-hydrogen) atoms. The van der Waals surface area contributed by atoms with E-state index < -0.39 is 12.6 Å². The number of hydrogen-bond acceptors (Lipinski definition) is 2. The summed E-state index contributed by atoms with van der Waals surface area (Å²) in [6.07, 6.45) is 0.190. The van der Waals surface area contributed by atoms with E-state index in [0.717, 1.165) is 0 Å². The molecular weight excluding hydrogens is 207 g/mol. The zero-order valence-electron chi connectivity index (χ0n) is 8.46. The van der Waals surface area contributed by atoms with Crippen LogP contribution in [0, 0.1) is 0 Å². The topological polar surface area (TPSA) is 29.9 Å². The first-order valence-corrected chi connectivity index (χ1v) is 4.73. The lowest BCUT2D eigenvalue weighted by Crippen LogP contribution is -2.32. The average molecular weight is 221 g/mol. The number of hydrogen-bond donors (Lipinski definition) is 1. The Morgan fingerprint density at radius 1 is 1.47 bits per heavy atom. The third kappa shape index (κ3) is 5.41. The van der Waals surface area contributed by atoms with Crippen molar-refractivity contribution >= 4 is 0 Å². The summed E-state index contributed by atoms with van der Waals surface area (Å²) >= 11 is 0. The standard InChI is InChI=1S/C9H14F3N3/c1-8(6-15-5-4-13-7-15)14-3-2-9(10,11)12/h4-5,7-8,14H,2-3,6H2,1H3. The number of imidazole rings is 1. The maximum absolute atomic E-state index is 11.8. The lowest BCUT2D eigenvalue weighted by Gasteiger charge is -2.14. The van der Waals surface area contributed by atoms with E-state index >= 15 is 0 Å². The van der Waals surface area contributed by atoms with Gasteiger partial charge < -0.3 is 9.88 Å². The van der Waals surface area contributed by atoms with Crippen molar-refractivity contribution in [2.24, 2.45) is 0 Å².